The van der Waals surface area contributed by atoms with Crippen LogP contribution in [0.25, 0.3) is 0 Å². The molecule has 0 aliphatic carbocycles. The number of aromatic nitrogens is 2. The number of thioether (sulfide) groups is 1. The van der Waals surface area contributed by atoms with Gasteiger partial charge in [-0.2, -0.15) is 11.8 Å². The number of carbonyl (C=O) groups is 1. The molecular weight excluding hydrogens is 298 g/mol. The van der Waals surface area contributed by atoms with Gasteiger partial charge in [0.25, 0.3) is 5.91 Å². The topological polar surface area (TPSA) is 54.9 Å². The highest BCUT2D eigenvalue weighted by molar-refractivity contribution is 7.97. The van der Waals surface area contributed by atoms with Gasteiger partial charge in [0.1, 0.15) is 10.7 Å². The van der Waals surface area contributed by atoms with Gasteiger partial charge in [-0.15, -0.1) is 22.7 Å². The van der Waals surface area contributed by atoms with E-state index in [1.807, 2.05) is 19.2 Å². The molecule has 0 fully saturated rings. The van der Waals surface area contributed by atoms with Gasteiger partial charge in [0.05, 0.1) is 17.2 Å². The van der Waals surface area contributed by atoms with Gasteiger partial charge in [-0.05, 0) is 20.1 Å². The molecule has 7 heteroatoms. The van der Waals surface area contributed by atoms with E-state index in [-0.39, 0.29) is 5.91 Å². The molecule has 0 saturated carbocycles. The lowest BCUT2D eigenvalue weighted by Crippen LogP contribution is -2.24. The molecule has 0 bridgehead atoms. The van der Waals surface area contributed by atoms with Crippen molar-refractivity contribution in [1.29, 1.82) is 0 Å². The van der Waals surface area contributed by atoms with Crippen LogP contribution >= 0.6 is 34.4 Å². The van der Waals surface area contributed by atoms with Gasteiger partial charge >= 0.3 is 0 Å². The Morgan fingerprint density at radius 3 is 2.84 bits per heavy atom. The summed E-state index contributed by atoms with van der Waals surface area (Å²) in [6.07, 6.45) is 2.05. The molecule has 1 N–H and O–H groups in total. The standard InChI is InChI=1S/C12H15N3OS3/c1-7-11(14-8(2)19-7)12(16)13-4-9-5-18-10(15-9)6-17-3/h5H,4,6H2,1-3H3,(H,13,16). The van der Waals surface area contributed by atoms with Gasteiger partial charge in [-0.25, -0.2) is 9.97 Å². The van der Waals surface area contributed by atoms with Crippen molar-refractivity contribution in [2.75, 3.05) is 6.26 Å². The normalized spacial score (nSPS) is 10.7. The molecule has 0 aromatic carbocycles. The number of thiazole rings is 2. The summed E-state index contributed by atoms with van der Waals surface area (Å²) in [6, 6.07) is 0. The summed E-state index contributed by atoms with van der Waals surface area (Å²) < 4.78 is 0. The summed E-state index contributed by atoms with van der Waals surface area (Å²) in [7, 11) is 0. The zero-order valence-electron chi connectivity index (χ0n) is 11.0. The van der Waals surface area contributed by atoms with Crippen LogP contribution in [0.15, 0.2) is 5.38 Å². The Labute approximate surface area is 124 Å². The second-order valence-electron chi connectivity index (χ2n) is 3.99. The predicted octanol–water partition coefficient (Wildman–Crippen LogP) is 3.01. The first-order valence-corrected chi connectivity index (χ1v) is 8.83. The molecule has 2 rings (SSSR count). The molecule has 2 heterocycles. The average molecular weight is 313 g/mol. The monoisotopic (exact) mass is 313 g/mol. The molecule has 0 aliphatic rings. The van der Waals surface area contributed by atoms with Crippen LogP contribution in [-0.4, -0.2) is 22.1 Å². The van der Waals surface area contributed by atoms with E-state index >= 15 is 0 Å². The Kier molecular flexibility index (Phi) is 4.95. The molecule has 0 unspecified atom stereocenters. The number of carbonyl (C=O) groups excluding carboxylic acids is 1. The van der Waals surface area contributed by atoms with Crippen LogP contribution in [0.5, 0.6) is 0 Å². The predicted molar refractivity (Wildman–Crippen MR) is 82.1 cm³/mol. The van der Waals surface area contributed by atoms with Crippen molar-refractivity contribution in [3.63, 3.8) is 0 Å². The number of aryl methyl sites for hydroxylation is 2. The van der Waals surface area contributed by atoms with Gasteiger partial charge in [0, 0.05) is 16.0 Å². The third kappa shape index (κ3) is 3.77. The maximum atomic E-state index is 12.0. The van der Waals surface area contributed by atoms with Crippen LogP contribution in [0, 0.1) is 13.8 Å². The summed E-state index contributed by atoms with van der Waals surface area (Å²) >= 11 is 4.92. The lowest BCUT2D eigenvalue weighted by atomic mass is 10.3. The SMILES string of the molecule is CSCc1nc(CNC(=O)c2nc(C)sc2C)cs1. The Bertz CT molecular complexity index is 577. The molecule has 4 nitrogen and oxygen atoms in total. The Morgan fingerprint density at radius 2 is 2.21 bits per heavy atom. The fraction of sp³-hybridized carbons (Fsp3) is 0.417. The van der Waals surface area contributed by atoms with E-state index in [2.05, 4.69) is 21.5 Å². The molecule has 0 saturated heterocycles. The van der Waals surface area contributed by atoms with E-state index in [0.29, 0.717) is 12.2 Å². The maximum absolute atomic E-state index is 12.0. The summed E-state index contributed by atoms with van der Waals surface area (Å²) in [4.78, 5) is 21.6. The summed E-state index contributed by atoms with van der Waals surface area (Å²) in [5, 5.41) is 6.87. The van der Waals surface area contributed by atoms with Crippen molar-refractivity contribution in [1.82, 2.24) is 15.3 Å². The summed E-state index contributed by atoms with van der Waals surface area (Å²) in [5.74, 6) is 0.796. The smallest absolute Gasteiger partial charge is 0.271 e. The Balaban J connectivity index is 1.94. The van der Waals surface area contributed by atoms with Crippen LogP contribution in [0.3, 0.4) is 0 Å². The Hall–Kier alpha value is -0.920. The fourth-order valence-corrected chi connectivity index (χ4v) is 3.94. The molecule has 2 aromatic rings. The zero-order valence-corrected chi connectivity index (χ0v) is 13.5. The molecule has 0 atom stereocenters. The van der Waals surface area contributed by atoms with Crippen molar-refractivity contribution in [3.8, 4) is 0 Å². The first-order chi connectivity index (χ1) is 9.10. The highest BCUT2D eigenvalue weighted by Gasteiger charge is 2.13. The summed E-state index contributed by atoms with van der Waals surface area (Å²) in [5.41, 5.74) is 1.44. The lowest BCUT2D eigenvalue weighted by molar-refractivity contribution is 0.0945. The molecule has 1 amide bonds. The second kappa shape index (κ2) is 6.49. The van der Waals surface area contributed by atoms with Gasteiger partial charge in [-0.1, -0.05) is 0 Å². The van der Waals surface area contributed by atoms with Crippen molar-refractivity contribution < 1.29 is 4.79 Å². The van der Waals surface area contributed by atoms with Crippen LogP contribution in [0.1, 0.15) is 31.1 Å². The second-order valence-corrected chi connectivity index (χ2v) is 7.20. The molecule has 0 aliphatic heterocycles. The van der Waals surface area contributed by atoms with Crippen molar-refractivity contribution >= 4 is 40.3 Å². The maximum Gasteiger partial charge on any atom is 0.271 e. The fourth-order valence-electron chi connectivity index (χ4n) is 1.61. The van der Waals surface area contributed by atoms with E-state index in [1.165, 1.54) is 0 Å². The van der Waals surface area contributed by atoms with Crippen molar-refractivity contribution in [2.45, 2.75) is 26.1 Å². The summed E-state index contributed by atoms with van der Waals surface area (Å²) in [6.45, 7) is 4.28. The average Bonchev–Trinajstić information content (AvgIpc) is 2.93. The minimum absolute atomic E-state index is 0.124. The van der Waals surface area contributed by atoms with Crippen LogP contribution in [-0.2, 0) is 12.3 Å². The minimum atomic E-state index is -0.124. The van der Waals surface area contributed by atoms with Gasteiger partial charge in [-0.3, -0.25) is 4.79 Å². The van der Waals surface area contributed by atoms with Crippen molar-refractivity contribution in [3.05, 3.63) is 31.7 Å². The third-order valence-corrected chi connectivity index (χ3v) is 4.94. The minimum Gasteiger partial charge on any atom is -0.345 e. The number of rotatable bonds is 5. The highest BCUT2D eigenvalue weighted by atomic mass is 32.2. The molecule has 2 aromatic heterocycles. The molecule has 102 valence electrons. The van der Waals surface area contributed by atoms with E-state index in [0.717, 1.165) is 26.3 Å². The van der Waals surface area contributed by atoms with Gasteiger partial charge < -0.3 is 5.32 Å². The van der Waals surface area contributed by atoms with Crippen molar-refractivity contribution in [2.24, 2.45) is 0 Å². The lowest BCUT2D eigenvalue weighted by Gasteiger charge is -2.01. The zero-order chi connectivity index (χ0) is 13.8. The van der Waals surface area contributed by atoms with Crippen LogP contribution in [0.2, 0.25) is 0 Å². The largest absolute Gasteiger partial charge is 0.345 e. The number of amides is 1. The number of hydrogen-bond donors (Lipinski definition) is 1. The van der Waals surface area contributed by atoms with Gasteiger partial charge in [0.15, 0.2) is 0 Å². The molecule has 0 spiro atoms. The quantitative estimate of drug-likeness (QED) is 0.922. The Morgan fingerprint density at radius 1 is 1.42 bits per heavy atom. The highest BCUT2D eigenvalue weighted by Crippen LogP contribution is 2.17. The van der Waals surface area contributed by atoms with Gasteiger partial charge in [0.2, 0.25) is 0 Å². The van der Waals surface area contributed by atoms with E-state index in [1.54, 1.807) is 34.4 Å². The first-order valence-electron chi connectivity index (χ1n) is 5.74. The molecule has 19 heavy (non-hydrogen) atoms. The number of nitrogens with one attached hydrogen (secondary N) is 1. The van der Waals surface area contributed by atoms with Crippen LogP contribution < -0.4 is 5.32 Å². The van der Waals surface area contributed by atoms with Crippen LogP contribution in [0.4, 0.5) is 0 Å². The first kappa shape index (κ1) is 14.5. The van der Waals surface area contributed by atoms with E-state index in [4.69, 9.17) is 0 Å². The van der Waals surface area contributed by atoms with E-state index in [9.17, 15) is 4.79 Å². The third-order valence-electron chi connectivity index (χ3n) is 2.42. The number of nitrogens with zero attached hydrogens (tertiary/aromatic N) is 2. The van der Waals surface area contributed by atoms with E-state index < -0.39 is 0 Å². The number of hydrogen-bond acceptors (Lipinski definition) is 6. The molecule has 0 radical (unpaired) electrons. The molecular formula is C12H15N3OS3.